The van der Waals surface area contributed by atoms with Gasteiger partial charge in [0.2, 0.25) is 0 Å². The molecule has 6 nitrogen and oxygen atoms in total. The molecule has 0 N–H and O–H groups in total. The fourth-order valence-electron chi connectivity index (χ4n) is 5.07. The number of aryl methyl sites for hydroxylation is 1. The summed E-state index contributed by atoms with van der Waals surface area (Å²) in [7, 11) is 0. The fraction of sp³-hybridized carbons (Fsp3) is 0.280. The third-order valence-corrected chi connectivity index (χ3v) is 7.57. The lowest BCUT2D eigenvalue weighted by Gasteiger charge is -2.27. The normalized spacial score (nSPS) is 19.4. The van der Waals surface area contributed by atoms with Gasteiger partial charge < -0.3 is 4.90 Å². The Balaban J connectivity index is 1.45. The Hall–Kier alpha value is -3.39. The van der Waals surface area contributed by atoms with Gasteiger partial charge in [0.1, 0.15) is 11.5 Å². The van der Waals surface area contributed by atoms with E-state index in [0.717, 1.165) is 35.4 Å². The van der Waals surface area contributed by atoms with Gasteiger partial charge in [-0.2, -0.15) is 9.78 Å². The van der Waals surface area contributed by atoms with Crippen LogP contribution in [-0.2, 0) is 0 Å². The summed E-state index contributed by atoms with van der Waals surface area (Å²) in [4.78, 5) is 25.8. The highest BCUT2D eigenvalue weighted by Crippen LogP contribution is 2.39. The third-order valence-electron chi connectivity index (χ3n) is 6.69. The van der Waals surface area contributed by atoms with Gasteiger partial charge in [0.05, 0.1) is 22.3 Å². The van der Waals surface area contributed by atoms with Crippen LogP contribution in [0.1, 0.15) is 35.2 Å². The molecule has 0 unspecified atom stereocenters. The molecular formula is C25H22FN5OS. The number of rotatable bonds is 4. The summed E-state index contributed by atoms with van der Waals surface area (Å²) >= 11 is 1.56. The van der Waals surface area contributed by atoms with Crippen molar-refractivity contribution in [2.75, 3.05) is 6.54 Å². The molecule has 166 valence electrons. The maximum atomic E-state index is 13.6. The maximum absolute atomic E-state index is 13.6. The van der Waals surface area contributed by atoms with Crippen LogP contribution in [0.5, 0.6) is 0 Å². The predicted molar refractivity (Wildman–Crippen MR) is 125 cm³/mol. The zero-order valence-electron chi connectivity index (χ0n) is 18.1. The van der Waals surface area contributed by atoms with E-state index in [2.05, 4.69) is 10.1 Å². The standard InChI is InChI=1S/C25H22FN5OS/c1-15-12-27-25(29-22(15)17-5-7-18(26)8-6-17)31-23(21-3-2-10-33-21)20(13-28-31)24(32)30-14-16-4-9-19(30)11-16/h2-3,5-8,10,12-13,16,19H,4,9,11,14H2,1H3/t16-,19+/m1/s1. The van der Waals surface area contributed by atoms with E-state index in [1.165, 1.54) is 18.6 Å². The van der Waals surface area contributed by atoms with Crippen molar-refractivity contribution in [2.24, 2.45) is 5.92 Å². The highest BCUT2D eigenvalue weighted by Gasteiger charge is 2.41. The van der Waals surface area contributed by atoms with Crippen molar-refractivity contribution in [3.8, 4) is 27.8 Å². The summed E-state index contributed by atoms with van der Waals surface area (Å²) in [5.74, 6) is 0.738. The quantitative estimate of drug-likeness (QED) is 0.424. The monoisotopic (exact) mass is 459 g/mol. The molecule has 1 saturated heterocycles. The van der Waals surface area contributed by atoms with Gasteiger partial charge in [0, 0.05) is 24.3 Å². The lowest BCUT2D eigenvalue weighted by molar-refractivity contribution is 0.0704. The molecule has 3 aromatic heterocycles. The molecule has 1 amide bonds. The average molecular weight is 460 g/mol. The number of carbonyl (C=O) groups excluding carboxylic acids is 1. The molecule has 1 aliphatic carbocycles. The Bertz CT molecular complexity index is 1330. The second-order valence-electron chi connectivity index (χ2n) is 8.79. The first-order chi connectivity index (χ1) is 16.1. The van der Waals surface area contributed by atoms with E-state index >= 15 is 0 Å². The molecule has 4 heterocycles. The van der Waals surface area contributed by atoms with Crippen molar-refractivity contribution < 1.29 is 9.18 Å². The van der Waals surface area contributed by atoms with E-state index in [4.69, 9.17) is 4.98 Å². The number of amides is 1. The van der Waals surface area contributed by atoms with Gasteiger partial charge in [-0.05, 0) is 73.4 Å². The molecule has 4 aromatic rings. The van der Waals surface area contributed by atoms with Gasteiger partial charge in [-0.15, -0.1) is 11.3 Å². The molecule has 6 rings (SSSR count). The van der Waals surface area contributed by atoms with Crippen molar-refractivity contribution in [1.82, 2.24) is 24.6 Å². The molecule has 33 heavy (non-hydrogen) atoms. The van der Waals surface area contributed by atoms with Crippen LogP contribution in [0.4, 0.5) is 4.39 Å². The Kier molecular flexibility index (Phi) is 4.83. The van der Waals surface area contributed by atoms with Gasteiger partial charge >= 0.3 is 0 Å². The van der Waals surface area contributed by atoms with Crippen molar-refractivity contribution in [3.05, 3.63) is 71.1 Å². The van der Waals surface area contributed by atoms with E-state index in [9.17, 15) is 9.18 Å². The Morgan fingerprint density at radius 1 is 1.15 bits per heavy atom. The van der Waals surface area contributed by atoms with Crippen molar-refractivity contribution in [2.45, 2.75) is 32.2 Å². The molecule has 1 saturated carbocycles. The molecular weight excluding hydrogens is 437 g/mol. The number of benzene rings is 1. The van der Waals surface area contributed by atoms with Crippen LogP contribution >= 0.6 is 11.3 Å². The van der Waals surface area contributed by atoms with E-state index in [1.807, 2.05) is 29.3 Å². The number of hydrogen-bond acceptors (Lipinski definition) is 5. The Labute approximate surface area is 194 Å². The first-order valence-corrected chi connectivity index (χ1v) is 12.0. The highest BCUT2D eigenvalue weighted by molar-refractivity contribution is 7.13. The van der Waals surface area contributed by atoms with Crippen molar-refractivity contribution in [1.29, 1.82) is 0 Å². The number of likely N-dealkylation sites (tertiary alicyclic amines) is 1. The summed E-state index contributed by atoms with van der Waals surface area (Å²) in [5.41, 5.74) is 3.67. The first-order valence-electron chi connectivity index (χ1n) is 11.1. The van der Waals surface area contributed by atoms with Crippen LogP contribution in [0.15, 0.2) is 54.2 Å². The molecule has 2 bridgehead atoms. The molecule has 2 aliphatic rings. The fourth-order valence-corrected chi connectivity index (χ4v) is 5.84. The van der Waals surface area contributed by atoms with E-state index < -0.39 is 0 Å². The van der Waals surface area contributed by atoms with Gasteiger partial charge in [0.15, 0.2) is 0 Å². The van der Waals surface area contributed by atoms with Gasteiger partial charge in [-0.3, -0.25) is 4.79 Å². The number of nitrogens with zero attached hydrogens (tertiary/aromatic N) is 5. The van der Waals surface area contributed by atoms with Gasteiger partial charge in [0.25, 0.3) is 11.9 Å². The maximum Gasteiger partial charge on any atom is 0.258 e. The average Bonchev–Trinajstić information content (AvgIpc) is 3.63. The molecule has 1 aliphatic heterocycles. The predicted octanol–water partition coefficient (Wildman–Crippen LogP) is 5.13. The number of halogens is 1. The second-order valence-corrected chi connectivity index (χ2v) is 9.74. The molecule has 1 aromatic carbocycles. The summed E-state index contributed by atoms with van der Waals surface area (Å²) < 4.78 is 15.1. The van der Waals surface area contributed by atoms with Crippen LogP contribution in [0.3, 0.4) is 0 Å². The summed E-state index contributed by atoms with van der Waals surface area (Å²) in [6.45, 7) is 2.75. The van der Waals surface area contributed by atoms with Gasteiger partial charge in [-0.1, -0.05) is 6.07 Å². The second kappa shape index (κ2) is 7.88. The van der Waals surface area contributed by atoms with E-state index in [1.54, 1.807) is 40.5 Å². The number of fused-ring (bicyclic) bond motifs is 2. The number of thiophene rings is 1. The van der Waals surface area contributed by atoms with Crippen LogP contribution in [0.25, 0.3) is 27.8 Å². The minimum Gasteiger partial charge on any atom is -0.335 e. The third kappa shape index (κ3) is 3.45. The van der Waals surface area contributed by atoms with E-state index in [0.29, 0.717) is 34.9 Å². The summed E-state index contributed by atoms with van der Waals surface area (Å²) in [6, 6.07) is 10.5. The summed E-state index contributed by atoms with van der Waals surface area (Å²) in [6.07, 6.45) is 6.79. The SMILES string of the molecule is Cc1cnc(-n2ncc(C(=O)N3C[C@@H]4CC[C@H]3C4)c2-c2cccs2)nc1-c1ccc(F)cc1. The highest BCUT2D eigenvalue weighted by atomic mass is 32.1. The number of aromatic nitrogens is 4. The van der Waals surface area contributed by atoms with Gasteiger partial charge in [-0.25, -0.2) is 14.4 Å². The first kappa shape index (κ1) is 20.2. The van der Waals surface area contributed by atoms with Crippen molar-refractivity contribution in [3.63, 3.8) is 0 Å². The molecule has 2 fully saturated rings. The molecule has 0 radical (unpaired) electrons. The van der Waals surface area contributed by atoms with Crippen LogP contribution < -0.4 is 0 Å². The van der Waals surface area contributed by atoms with Crippen LogP contribution in [0, 0.1) is 18.7 Å². The molecule has 2 atom stereocenters. The zero-order chi connectivity index (χ0) is 22.5. The number of hydrogen-bond donors (Lipinski definition) is 0. The number of piperidine rings is 1. The number of carbonyl (C=O) groups is 1. The largest absolute Gasteiger partial charge is 0.335 e. The molecule has 0 spiro atoms. The van der Waals surface area contributed by atoms with Crippen LogP contribution in [0.2, 0.25) is 0 Å². The lowest BCUT2D eigenvalue weighted by Crippen LogP contribution is -2.37. The summed E-state index contributed by atoms with van der Waals surface area (Å²) in [5, 5.41) is 6.55. The molecule has 8 heteroatoms. The Morgan fingerprint density at radius 3 is 2.70 bits per heavy atom. The topological polar surface area (TPSA) is 63.9 Å². The van der Waals surface area contributed by atoms with Crippen LogP contribution in [-0.4, -0.2) is 43.1 Å². The smallest absolute Gasteiger partial charge is 0.258 e. The minimum absolute atomic E-state index is 0.0303. The Morgan fingerprint density at radius 2 is 2.00 bits per heavy atom. The van der Waals surface area contributed by atoms with Crippen molar-refractivity contribution >= 4 is 17.2 Å². The van der Waals surface area contributed by atoms with E-state index in [-0.39, 0.29) is 11.7 Å². The lowest BCUT2D eigenvalue weighted by atomic mass is 10.1. The minimum atomic E-state index is -0.295. The zero-order valence-corrected chi connectivity index (χ0v) is 18.9.